The largest absolute Gasteiger partial charge is 0.431 e. The second-order valence-electron chi connectivity index (χ2n) is 3.31. The third kappa shape index (κ3) is 1.49. The quantitative estimate of drug-likeness (QED) is 0.642. The third-order valence-electron chi connectivity index (χ3n) is 2.01. The molecule has 0 radical (unpaired) electrons. The van der Waals surface area contributed by atoms with Crippen LogP contribution in [-0.4, -0.2) is 4.57 Å². The zero-order valence-electron chi connectivity index (χ0n) is 7.84. The van der Waals surface area contributed by atoms with Gasteiger partial charge in [-0.15, -0.1) is 0 Å². The number of nitrogens with zero attached hydrogens (tertiary/aromatic N) is 2. The molecule has 2 aromatic rings. The Balaban J connectivity index is 2.33. The van der Waals surface area contributed by atoms with Gasteiger partial charge in [-0.2, -0.15) is 4.57 Å². The van der Waals surface area contributed by atoms with Crippen molar-refractivity contribution in [3.8, 4) is 5.88 Å². The fourth-order valence-electron chi connectivity index (χ4n) is 1.22. The van der Waals surface area contributed by atoms with Gasteiger partial charge in [-0.25, -0.2) is 4.57 Å². The van der Waals surface area contributed by atoms with Crippen LogP contribution in [0.1, 0.15) is 19.9 Å². The Morgan fingerprint density at radius 3 is 2.85 bits per heavy atom. The van der Waals surface area contributed by atoms with Crippen LogP contribution in [0.4, 0.5) is 0 Å². The van der Waals surface area contributed by atoms with Crippen LogP contribution in [0.5, 0.6) is 0 Å². The highest BCUT2D eigenvalue weighted by Crippen LogP contribution is 2.06. The van der Waals surface area contributed by atoms with Gasteiger partial charge in [0.1, 0.15) is 12.4 Å². The van der Waals surface area contributed by atoms with Gasteiger partial charge >= 0.3 is 0 Å². The van der Waals surface area contributed by atoms with E-state index in [4.69, 9.17) is 4.42 Å². The maximum Gasteiger partial charge on any atom is 0.293 e. The van der Waals surface area contributed by atoms with Crippen LogP contribution in [0.2, 0.25) is 0 Å². The Kier molecular flexibility index (Phi) is 1.93. The molecule has 2 rings (SSSR count). The number of aromatic nitrogens is 2. The van der Waals surface area contributed by atoms with E-state index in [9.17, 15) is 0 Å². The van der Waals surface area contributed by atoms with Crippen molar-refractivity contribution in [2.24, 2.45) is 0 Å². The molecule has 0 atom stereocenters. The molecule has 0 aromatic carbocycles. The first-order valence-electron chi connectivity index (χ1n) is 4.40. The molecule has 0 aliphatic carbocycles. The number of imidazole rings is 1. The van der Waals surface area contributed by atoms with Crippen LogP contribution < -0.4 is 4.57 Å². The summed E-state index contributed by atoms with van der Waals surface area (Å²) in [5.74, 6) is 0.847. The van der Waals surface area contributed by atoms with E-state index in [1.54, 1.807) is 6.26 Å². The Labute approximate surface area is 77.2 Å². The van der Waals surface area contributed by atoms with E-state index < -0.39 is 0 Å². The lowest BCUT2D eigenvalue weighted by Crippen LogP contribution is -2.33. The predicted molar refractivity (Wildman–Crippen MR) is 48.6 cm³/mol. The molecule has 3 heteroatoms. The highest BCUT2D eigenvalue weighted by Gasteiger charge is 2.09. The minimum absolute atomic E-state index is 0.483. The Morgan fingerprint density at radius 1 is 1.46 bits per heavy atom. The lowest BCUT2D eigenvalue weighted by atomic mass is 10.4. The molecule has 0 amide bonds. The fraction of sp³-hybridized carbons (Fsp3) is 0.300. The lowest BCUT2D eigenvalue weighted by molar-refractivity contribution is -0.715. The van der Waals surface area contributed by atoms with E-state index in [1.807, 2.05) is 35.4 Å². The van der Waals surface area contributed by atoms with E-state index in [1.165, 1.54) is 0 Å². The molecule has 0 aliphatic rings. The van der Waals surface area contributed by atoms with E-state index in [0.717, 1.165) is 5.88 Å². The zero-order valence-corrected chi connectivity index (χ0v) is 7.84. The summed E-state index contributed by atoms with van der Waals surface area (Å²) < 4.78 is 9.35. The number of hydrogen-bond acceptors (Lipinski definition) is 1. The first-order valence-corrected chi connectivity index (χ1v) is 4.40. The lowest BCUT2D eigenvalue weighted by Gasteiger charge is -1.96. The van der Waals surface area contributed by atoms with Gasteiger partial charge < -0.3 is 4.42 Å². The van der Waals surface area contributed by atoms with Crippen molar-refractivity contribution >= 4 is 0 Å². The van der Waals surface area contributed by atoms with Gasteiger partial charge in [-0.3, -0.25) is 0 Å². The summed E-state index contributed by atoms with van der Waals surface area (Å²) in [6.07, 6.45) is 7.71. The molecule has 0 N–H and O–H groups in total. The predicted octanol–water partition coefficient (Wildman–Crippen LogP) is 1.94. The maximum absolute atomic E-state index is 5.26. The summed E-state index contributed by atoms with van der Waals surface area (Å²) in [6.45, 7) is 4.29. The summed E-state index contributed by atoms with van der Waals surface area (Å²) in [5.41, 5.74) is 0. The van der Waals surface area contributed by atoms with E-state index in [0.29, 0.717) is 6.04 Å². The molecule has 0 fully saturated rings. The average Bonchev–Trinajstić information content (AvgIpc) is 2.75. The normalized spacial score (nSPS) is 11.0. The summed E-state index contributed by atoms with van der Waals surface area (Å²) in [4.78, 5) is 0. The van der Waals surface area contributed by atoms with Gasteiger partial charge in [-0.1, -0.05) is 0 Å². The van der Waals surface area contributed by atoms with Gasteiger partial charge in [0.15, 0.2) is 0 Å². The molecule has 68 valence electrons. The summed E-state index contributed by atoms with van der Waals surface area (Å²) >= 11 is 0. The molecule has 2 heterocycles. The molecule has 2 aromatic heterocycles. The Hall–Kier alpha value is -1.51. The van der Waals surface area contributed by atoms with Crippen molar-refractivity contribution < 1.29 is 8.98 Å². The van der Waals surface area contributed by atoms with Crippen molar-refractivity contribution in [3.05, 3.63) is 37.1 Å². The molecule has 0 spiro atoms. The molecule has 3 nitrogen and oxygen atoms in total. The van der Waals surface area contributed by atoms with Crippen LogP contribution in [0, 0.1) is 0 Å². The van der Waals surface area contributed by atoms with Gasteiger partial charge in [0.05, 0.1) is 12.3 Å². The van der Waals surface area contributed by atoms with Gasteiger partial charge in [0.2, 0.25) is 0 Å². The molecule has 0 saturated heterocycles. The fourth-order valence-corrected chi connectivity index (χ4v) is 1.22. The minimum atomic E-state index is 0.483. The van der Waals surface area contributed by atoms with Crippen LogP contribution in [0.25, 0.3) is 5.88 Å². The molecular weight excluding hydrogens is 164 g/mol. The van der Waals surface area contributed by atoms with Crippen LogP contribution >= 0.6 is 0 Å². The van der Waals surface area contributed by atoms with E-state index in [2.05, 4.69) is 18.4 Å². The minimum Gasteiger partial charge on any atom is -0.431 e. The highest BCUT2D eigenvalue weighted by atomic mass is 16.3. The smallest absolute Gasteiger partial charge is 0.293 e. The number of hydrogen-bond donors (Lipinski definition) is 0. The Morgan fingerprint density at radius 2 is 2.31 bits per heavy atom. The van der Waals surface area contributed by atoms with E-state index >= 15 is 0 Å². The van der Waals surface area contributed by atoms with Crippen LogP contribution in [0.3, 0.4) is 0 Å². The molecule has 0 aliphatic heterocycles. The average molecular weight is 177 g/mol. The standard InChI is InChI=1S/C10H13N2O/c1-9(2)11-5-6-12(8-11)10-4-3-7-13-10/h3-9H,1-2H3/q+1. The number of rotatable bonds is 2. The summed E-state index contributed by atoms with van der Waals surface area (Å²) in [5, 5.41) is 0. The summed E-state index contributed by atoms with van der Waals surface area (Å²) in [6, 6.07) is 4.30. The molecule has 0 saturated carbocycles. The van der Waals surface area contributed by atoms with Gasteiger partial charge in [0, 0.05) is 6.07 Å². The molecule has 13 heavy (non-hydrogen) atoms. The monoisotopic (exact) mass is 177 g/mol. The van der Waals surface area contributed by atoms with Gasteiger partial charge in [0.25, 0.3) is 12.2 Å². The zero-order chi connectivity index (χ0) is 9.26. The first kappa shape index (κ1) is 8.10. The third-order valence-corrected chi connectivity index (χ3v) is 2.01. The summed E-state index contributed by atoms with van der Waals surface area (Å²) in [7, 11) is 0. The topological polar surface area (TPSA) is 21.9 Å². The maximum atomic E-state index is 5.26. The van der Waals surface area contributed by atoms with Crippen molar-refractivity contribution in [1.82, 2.24) is 4.57 Å². The molecule has 0 bridgehead atoms. The first-order chi connectivity index (χ1) is 6.27. The molecule has 0 unspecified atom stereocenters. The Bertz CT molecular complexity index is 373. The van der Waals surface area contributed by atoms with Crippen molar-refractivity contribution in [2.75, 3.05) is 0 Å². The highest BCUT2D eigenvalue weighted by molar-refractivity contribution is 5.15. The van der Waals surface area contributed by atoms with E-state index in [-0.39, 0.29) is 0 Å². The van der Waals surface area contributed by atoms with Crippen molar-refractivity contribution in [1.29, 1.82) is 0 Å². The van der Waals surface area contributed by atoms with Crippen LogP contribution in [-0.2, 0) is 0 Å². The molecular formula is C10H13N2O+. The van der Waals surface area contributed by atoms with Crippen molar-refractivity contribution in [3.63, 3.8) is 0 Å². The second-order valence-corrected chi connectivity index (χ2v) is 3.31. The number of furan rings is 1. The van der Waals surface area contributed by atoms with Crippen LogP contribution in [0.15, 0.2) is 41.5 Å². The second kappa shape index (κ2) is 3.09. The van der Waals surface area contributed by atoms with Crippen molar-refractivity contribution in [2.45, 2.75) is 19.9 Å². The SMILES string of the molecule is CC(C)[n+]1ccn(-c2ccco2)c1. The van der Waals surface area contributed by atoms with Gasteiger partial charge in [-0.05, 0) is 19.9 Å².